The van der Waals surface area contributed by atoms with Crippen LogP contribution in [0, 0.1) is 0 Å². The number of nitrogens with zero attached hydrogens (tertiary/aromatic N) is 1. The lowest BCUT2D eigenvalue weighted by Gasteiger charge is -2.17. The van der Waals surface area contributed by atoms with Crippen LogP contribution in [-0.4, -0.2) is 30.1 Å². The molecule has 98 valence electrons. The lowest BCUT2D eigenvalue weighted by molar-refractivity contribution is 0.110. The summed E-state index contributed by atoms with van der Waals surface area (Å²) in [5, 5.41) is 2.61. The molecule has 0 saturated heterocycles. The van der Waals surface area contributed by atoms with Crippen LogP contribution in [0.25, 0.3) is 0 Å². The number of rotatable bonds is 3. The van der Waals surface area contributed by atoms with Gasteiger partial charge in [0.15, 0.2) is 0 Å². The van der Waals surface area contributed by atoms with Gasteiger partial charge in [0.2, 0.25) is 0 Å². The molecule has 0 saturated carbocycles. The maximum atomic E-state index is 11.6. The number of imide groups is 1. The Kier molecular flexibility index (Phi) is 5.17. The second-order valence-corrected chi connectivity index (χ2v) is 4.20. The number of amides is 3. The highest BCUT2D eigenvalue weighted by Gasteiger charge is 2.18. The van der Waals surface area contributed by atoms with E-state index in [9.17, 15) is 9.59 Å². The van der Waals surface area contributed by atoms with Crippen LogP contribution >= 0.6 is 0 Å². The fraction of sp³-hybridized carbons (Fsp3) is 0.385. The van der Waals surface area contributed by atoms with E-state index in [2.05, 4.69) is 5.32 Å². The maximum absolute atomic E-state index is 11.6. The molecule has 0 aliphatic heterocycles. The van der Waals surface area contributed by atoms with Crippen molar-refractivity contribution in [3.8, 4) is 0 Å². The topological polar surface area (TPSA) is 58.6 Å². The molecule has 0 radical (unpaired) electrons. The molecule has 0 aliphatic carbocycles. The summed E-state index contributed by atoms with van der Waals surface area (Å²) < 4.78 is 5.02. The Hall–Kier alpha value is -2.04. The predicted molar refractivity (Wildman–Crippen MR) is 68.1 cm³/mol. The van der Waals surface area contributed by atoms with E-state index in [-0.39, 0.29) is 12.6 Å². The standard InChI is InChI=1S/C13H18N2O3/c1-10(2)14-12(16)15(3)13(17)18-9-11-7-5-4-6-8-11/h4-8,10H,9H2,1-3H3,(H,14,16). The third-order valence-electron chi connectivity index (χ3n) is 2.20. The lowest BCUT2D eigenvalue weighted by Crippen LogP contribution is -2.43. The summed E-state index contributed by atoms with van der Waals surface area (Å²) in [5.74, 6) is 0. The Morgan fingerprint density at radius 1 is 1.28 bits per heavy atom. The van der Waals surface area contributed by atoms with Crippen LogP contribution in [0.3, 0.4) is 0 Å². The first-order chi connectivity index (χ1) is 8.50. The van der Waals surface area contributed by atoms with Crippen molar-refractivity contribution in [2.75, 3.05) is 7.05 Å². The van der Waals surface area contributed by atoms with Crippen LogP contribution < -0.4 is 5.32 Å². The molecule has 1 aromatic carbocycles. The van der Waals surface area contributed by atoms with Crippen molar-refractivity contribution in [3.63, 3.8) is 0 Å². The molecule has 0 spiro atoms. The van der Waals surface area contributed by atoms with Gasteiger partial charge in [0, 0.05) is 13.1 Å². The molecule has 5 heteroatoms. The monoisotopic (exact) mass is 250 g/mol. The van der Waals surface area contributed by atoms with Gasteiger partial charge in [-0.3, -0.25) is 0 Å². The van der Waals surface area contributed by atoms with Crippen molar-refractivity contribution in [1.82, 2.24) is 10.2 Å². The van der Waals surface area contributed by atoms with Gasteiger partial charge in [0.25, 0.3) is 0 Å². The van der Waals surface area contributed by atoms with Crippen molar-refractivity contribution in [3.05, 3.63) is 35.9 Å². The Morgan fingerprint density at radius 2 is 1.89 bits per heavy atom. The maximum Gasteiger partial charge on any atom is 0.418 e. The van der Waals surface area contributed by atoms with Gasteiger partial charge in [-0.15, -0.1) is 0 Å². The minimum Gasteiger partial charge on any atom is -0.444 e. The van der Waals surface area contributed by atoms with Crippen molar-refractivity contribution >= 4 is 12.1 Å². The Balaban J connectivity index is 2.43. The third kappa shape index (κ3) is 4.45. The van der Waals surface area contributed by atoms with E-state index in [1.54, 1.807) is 0 Å². The van der Waals surface area contributed by atoms with Crippen LogP contribution in [0.5, 0.6) is 0 Å². The molecule has 3 amide bonds. The highest BCUT2D eigenvalue weighted by Crippen LogP contribution is 2.02. The van der Waals surface area contributed by atoms with Crippen LogP contribution in [0.15, 0.2) is 30.3 Å². The minimum atomic E-state index is -0.669. The molecule has 0 unspecified atom stereocenters. The molecular weight excluding hydrogens is 232 g/mol. The summed E-state index contributed by atoms with van der Waals surface area (Å²) >= 11 is 0. The normalized spacial score (nSPS) is 10.0. The van der Waals surface area contributed by atoms with Gasteiger partial charge >= 0.3 is 12.1 Å². The van der Waals surface area contributed by atoms with E-state index in [1.165, 1.54) is 7.05 Å². The fourth-order valence-corrected chi connectivity index (χ4v) is 1.24. The van der Waals surface area contributed by atoms with Crippen LogP contribution in [0.4, 0.5) is 9.59 Å². The number of hydrogen-bond donors (Lipinski definition) is 1. The molecule has 0 atom stereocenters. The van der Waals surface area contributed by atoms with E-state index < -0.39 is 12.1 Å². The summed E-state index contributed by atoms with van der Waals surface area (Å²) in [6.07, 6.45) is -0.669. The number of ether oxygens (including phenoxy) is 1. The molecule has 18 heavy (non-hydrogen) atoms. The van der Waals surface area contributed by atoms with Gasteiger partial charge < -0.3 is 10.1 Å². The molecule has 0 bridgehead atoms. The number of carbonyl (C=O) groups is 2. The number of urea groups is 1. The first kappa shape index (κ1) is 14.0. The lowest BCUT2D eigenvalue weighted by atomic mass is 10.2. The van der Waals surface area contributed by atoms with Gasteiger partial charge in [0.05, 0.1) is 0 Å². The van der Waals surface area contributed by atoms with Crippen molar-refractivity contribution < 1.29 is 14.3 Å². The summed E-state index contributed by atoms with van der Waals surface area (Å²) in [5.41, 5.74) is 0.878. The number of benzene rings is 1. The molecule has 1 aromatic rings. The molecule has 0 aliphatic rings. The second kappa shape index (κ2) is 6.64. The van der Waals surface area contributed by atoms with Gasteiger partial charge in [-0.25, -0.2) is 14.5 Å². The number of carbonyl (C=O) groups excluding carboxylic acids is 2. The molecule has 0 aromatic heterocycles. The van der Waals surface area contributed by atoms with E-state index >= 15 is 0 Å². The first-order valence-electron chi connectivity index (χ1n) is 5.75. The highest BCUT2D eigenvalue weighted by atomic mass is 16.6. The molecule has 1 N–H and O–H groups in total. The van der Waals surface area contributed by atoms with E-state index in [4.69, 9.17) is 4.74 Å². The molecule has 0 fully saturated rings. The molecule has 0 heterocycles. The van der Waals surface area contributed by atoms with Crippen LogP contribution in [0.2, 0.25) is 0 Å². The zero-order valence-electron chi connectivity index (χ0n) is 10.8. The number of nitrogens with one attached hydrogen (secondary N) is 1. The van der Waals surface area contributed by atoms with E-state index in [0.29, 0.717) is 0 Å². The van der Waals surface area contributed by atoms with Crippen LogP contribution in [0.1, 0.15) is 19.4 Å². The van der Waals surface area contributed by atoms with Crippen molar-refractivity contribution in [2.45, 2.75) is 26.5 Å². The Labute approximate surface area is 107 Å². The molecular formula is C13H18N2O3. The van der Waals surface area contributed by atoms with Gasteiger partial charge in [-0.1, -0.05) is 30.3 Å². The van der Waals surface area contributed by atoms with E-state index in [1.807, 2.05) is 44.2 Å². The Morgan fingerprint density at radius 3 is 2.44 bits per heavy atom. The Bertz CT molecular complexity index is 404. The summed E-state index contributed by atoms with van der Waals surface area (Å²) in [6.45, 7) is 3.79. The fourth-order valence-electron chi connectivity index (χ4n) is 1.24. The minimum absolute atomic E-state index is 0.0260. The number of hydrogen-bond acceptors (Lipinski definition) is 3. The predicted octanol–water partition coefficient (Wildman–Crippen LogP) is 2.37. The second-order valence-electron chi connectivity index (χ2n) is 4.20. The van der Waals surface area contributed by atoms with Gasteiger partial charge in [0.1, 0.15) is 6.61 Å². The molecule has 1 rings (SSSR count). The zero-order valence-corrected chi connectivity index (χ0v) is 10.8. The quantitative estimate of drug-likeness (QED) is 0.896. The summed E-state index contributed by atoms with van der Waals surface area (Å²) in [6, 6.07) is 8.80. The summed E-state index contributed by atoms with van der Waals surface area (Å²) in [4.78, 5) is 24.0. The van der Waals surface area contributed by atoms with Crippen molar-refractivity contribution in [1.29, 1.82) is 0 Å². The highest BCUT2D eigenvalue weighted by molar-refractivity contribution is 5.90. The zero-order chi connectivity index (χ0) is 13.5. The average molecular weight is 250 g/mol. The third-order valence-corrected chi connectivity index (χ3v) is 2.20. The largest absolute Gasteiger partial charge is 0.444 e. The smallest absolute Gasteiger partial charge is 0.418 e. The SMILES string of the molecule is CC(C)NC(=O)N(C)C(=O)OCc1ccccc1. The van der Waals surface area contributed by atoms with Crippen molar-refractivity contribution in [2.24, 2.45) is 0 Å². The van der Waals surface area contributed by atoms with Gasteiger partial charge in [-0.2, -0.15) is 0 Å². The van der Waals surface area contributed by atoms with E-state index in [0.717, 1.165) is 10.5 Å². The molecule has 5 nitrogen and oxygen atoms in total. The summed E-state index contributed by atoms with van der Waals surface area (Å²) in [7, 11) is 1.38. The average Bonchev–Trinajstić information content (AvgIpc) is 2.35. The van der Waals surface area contributed by atoms with Crippen LogP contribution in [-0.2, 0) is 11.3 Å². The van der Waals surface area contributed by atoms with Gasteiger partial charge in [-0.05, 0) is 19.4 Å². The first-order valence-corrected chi connectivity index (χ1v) is 5.75.